The number of nitrogens with zero attached hydrogens (tertiary/aromatic N) is 1. The van der Waals surface area contributed by atoms with Crippen LogP contribution in [0.15, 0.2) is 47.4 Å². The lowest BCUT2D eigenvalue weighted by Crippen LogP contribution is -2.23. The quantitative estimate of drug-likeness (QED) is 0.173. The Labute approximate surface area is 204 Å². The van der Waals surface area contributed by atoms with Crippen molar-refractivity contribution in [2.24, 2.45) is 0 Å². The SMILES string of the molecule is CCCCCCS(=O)(=O)c1ccc(CC)cc1C(c1cccc([N+](=O)[O-])c1)[C@@H](O)CCCCC. The van der Waals surface area contributed by atoms with E-state index in [0.717, 1.165) is 50.5 Å². The minimum absolute atomic E-state index is 0.0546. The summed E-state index contributed by atoms with van der Waals surface area (Å²) in [6, 6.07) is 11.6. The number of sulfone groups is 1. The molecule has 1 N–H and O–H groups in total. The lowest BCUT2D eigenvalue weighted by atomic mass is 9.83. The number of nitro benzene ring substituents is 1. The molecule has 0 saturated carbocycles. The van der Waals surface area contributed by atoms with Gasteiger partial charge in [0.1, 0.15) is 0 Å². The summed E-state index contributed by atoms with van der Waals surface area (Å²) in [4.78, 5) is 11.2. The monoisotopic (exact) mass is 489 g/mol. The number of aryl methyl sites for hydroxylation is 1. The van der Waals surface area contributed by atoms with Gasteiger partial charge in [0, 0.05) is 18.1 Å². The van der Waals surface area contributed by atoms with E-state index < -0.39 is 26.8 Å². The van der Waals surface area contributed by atoms with Gasteiger partial charge in [0.05, 0.1) is 21.7 Å². The Hall–Kier alpha value is -2.25. The van der Waals surface area contributed by atoms with Crippen LogP contribution in [0.2, 0.25) is 0 Å². The van der Waals surface area contributed by atoms with E-state index in [4.69, 9.17) is 0 Å². The molecule has 0 radical (unpaired) electrons. The summed E-state index contributed by atoms with van der Waals surface area (Å²) >= 11 is 0. The molecule has 2 rings (SSSR count). The van der Waals surface area contributed by atoms with E-state index in [0.29, 0.717) is 24.0 Å². The second-order valence-electron chi connectivity index (χ2n) is 9.00. The molecule has 0 aliphatic rings. The van der Waals surface area contributed by atoms with E-state index in [2.05, 4.69) is 13.8 Å². The maximum Gasteiger partial charge on any atom is 0.269 e. The van der Waals surface area contributed by atoms with Crippen LogP contribution in [0.1, 0.15) is 94.7 Å². The average Bonchev–Trinajstić information content (AvgIpc) is 2.82. The first kappa shape index (κ1) is 28.0. The second-order valence-corrected chi connectivity index (χ2v) is 11.1. The summed E-state index contributed by atoms with van der Waals surface area (Å²) in [5.74, 6) is -0.609. The van der Waals surface area contributed by atoms with Crippen molar-refractivity contribution in [3.63, 3.8) is 0 Å². The van der Waals surface area contributed by atoms with E-state index in [1.807, 2.05) is 19.1 Å². The van der Waals surface area contributed by atoms with Crippen molar-refractivity contribution in [2.75, 3.05) is 5.75 Å². The van der Waals surface area contributed by atoms with Crippen molar-refractivity contribution in [3.05, 3.63) is 69.3 Å². The molecule has 0 amide bonds. The first-order chi connectivity index (χ1) is 16.2. The van der Waals surface area contributed by atoms with Gasteiger partial charge in [-0.2, -0.15) is 0 Å². The van der Waals surface area contributed by atoms with E-state index in [1.54, 1.807) is 18.2 Å². The highest BCUT2D eigenvalue weighted by molar-refractivity contribution is 7.91. The van der Waals surface area contributed by atoms with Crippen molar-refractivity contribution in [2.45, 2.75) is 95.5 Å². The topological polar surface area (TPSA) is 97.5 Å². The molecule has 2 atom stereocenters. The Morgan fingerprint density at radius 2 is 1.65 bits per heavy atom. The molecule has 0 saturated heterocycles. The molecule has 0 aliphatic carbocycles. The maximum atomic E-state index is 13.4. The Balaban J connectivity index is 2.61. The molecule has 0 aliphatic heterocycles. The number of benzene rings is 2. The highest BCUT2D eigenvalue weighted by atomic mass is 32.2. The highest BCUT2D eigenvalue weighted by Crippen LogP contribution is 2.37. The van der Waals surface area contributed by atoms with Crippen molar-refractivity contribution in [1.29, 1.82) is 0 Å². The highest BCUT2D eigenvalue weighted by Gasteiger charge is 2.30. The smallest absolute Gasteiger partial charge is 0.269 e. The molecule has 1 unspecified atom stereocenters. The lowest BCUT2D eigenvalue weighted by Gasteiger charge is -2.27. The zero-order chi connectivity index (χ0) is 25.1. The van der Waals surface area contributed by atoms with Crippen LogP contribution < -0.4 is 0 Å². The summed E-state index contributed by atoms with van der Waals surface area (Å²) in [7, 11) is -3.58. The summed E-state index contributed by atoms with van der Waals surface area (Å²) < 4.78 is 26.8. The zero-order valence-corrected chi connectivity index (χ0v) is 21.5. The molecule has 0 heterocycles. The Morgan fingerprint density at radius 1 is 0.941 bits per heavy atom. The normalized spacial score (nSPS) is 13.5. The molecule has 188 valence electrons. The van der Waals surface area contributed by atoms with Gasteiger partial charge in [-0.05, 0) is 42.0 Å². The van der Waals surface area contributed by atoms with Crippen molar-refractivity contribution < 1.29 is 18.4 Å². The fourth-order valence-corrected chi connectivity index (χ4v) is 6.01. The van der Waals surface area contributed by atoms with Gasteiger partial charge in [0.2, 0.25) is 0 Å². The van der Waals surface area contributed by atoms with Gasteiger partial charge >= 0.3 is 0 Å². The van der Waals surface area contributed by atoms with E-state index in [-0.39, 0.29) is 16.3 Å². The van der Waals surface area contributed by atoms with Crippen molar-refractivity contribution >= 4 is 15.5 Å². The molecule has 7 heteroatoms. The standard InChI is InChI=1S/C27H39NO5S/c1-4-7-9-11-18-34(32,33)26-17-16-21(6-3)19-24(26)27(25(29)15-10-8-5-2)22-13-12-14-23(20-22)28(30)31/h12-14,16-17,19-20,25,27,29H,4-11,15,18H2,1-3H3/t25-,27?/m0/s1. The van der Waals surface area contributed by atoms with Crippen molar-refractivity contribution in [3.8, 4) is 0 Å². The first-order valence-corrected chi connectivity index (χ1v) is 14.2. The third kappa shape index (κ3) is 7.64. The number of nitro groups is 1. The van der Waals surface area contributed by atoms with Gasteiger partial charge in [-0.1, -0.05) is 83.6 Å². The molecule has 34 heavy (non-hydrogen) atoms. The Kier molecular flexibility index (Phi) is 11.2. The van der Waals surface area contributed by atoms with Crippen LogP contribution >= 0.6 is 0 Å². The second kappa shape index (κ2) is 13.6. The number of rotatable bonds is 15. The van der Waals surface area contributed by atoms with Gasteiger partial charge in [0.15, 0.2) is 9.84 Å². The number of non-ortho nitro benzene ring substituents is 1. The Bertz CT molecular complexity index is 1040. The van der Waals surface area contributed by atoms with E-state index in [1.165, 1.54) is 12.1 Å². The van der Waals surface area contributed by atoms with Gasteiger partial charge in [-0.15, -0.1) is 0 Å². The fraction of sp³-hybridized carbons (Fsp3) is 0.556. The average molecular weight is 490 g/mol. The van der Waals surface area contributed by atoms with Crippen LogP contribution in [0.25, 0.3) is 0 Å². The molecule has 2 aromatic rings. The summed E-state index contributed by atoms with van der Waals surface area (Å²) in [5.41, 5.74) is 2.00. The lowest BCUT2D eigenvalue weighted by molar-refractivity contribution is -0.384. The van der Waals surface area contributed by atoms with Crippen molar-refractivity contribution in [1.82, 2.24) is 0 Å². The number of hydrogen-bond donors (Lipinski definition) is 1. The summed E-state index contributed by atoms with van der Waals surface area (Å²) in [5, 5.41) is 22.7. The third-order valence-electron chi connectivity index (χ3n) is 6.35. The van der Waals surface area contributed by atoms with Gasteiger partial charge in [0.25, 0.3) is 5.69 Å². The van der Waals surface area contributed by atoms with Crippen LogP contribution in [0.3, 0.4) is 0 Å². The predicted octanol–water partition coefficient (Wildman–Crippen LogP) is 6.58. The fourth-order valence-electron chi connectivity index (χ4n) is 4.38. The Morgan fingerprint density at radius 3 is 2.29 bits per heavy atom. The minimum Gasteiger partial charge on any atom is -0.392 e. The maximum absolute atomic E-state index is 13.4. The van der Waals surface area contributed by atoms with Crippen LogP contribution in [0.5, 0.6) is 0 Å². The third-order valence-corrected chi connectivity index (χ3v) is 8.22. The summed E-state index contributed by atoms with van der Waals surface area (Å²) in [6.07, 6.45) is 6.57. The number of aliphatic hydroxyl groups is 1. The van der Waals surface area contributed by atoms with E-state index >= 15 is 0 Å². The molecule has 0 fully saturated rings. The van der Waals surface area contributed by atoms with Crippen LogP contribution in [-0.4, -0.2) is 30.3 Å². The number of hydrogen-bond acceptors (Lipinski definition) is 5. The summed E-state index contributed by atoms with van der Waals surface area (Å²) in [6.45, 7) is 6.16. The van der Waals surface area contributed by atoms with Crippen LogP contribution in [0.4, 0.5) is 5.69 Å². The van der Waals surface area contributed by atoms with Crippen LogP contribution in [-0.2, 0) is 16.3 Å². The predicted molar refractivity (Wildman–Crippen MR) is 137 cm³/mol. The molecular formula is C27H39NO5S. The molecule has 2 aromatic carbocycles. The molecule has 0 bridgehead atoms. The molecule has 6 nitrogen and oxygen atoms in total. The largest absolute Gasteiger partial charge is 0.392 e. The zero-order valence-electron chi connectivity index (χ0n) is 20.7. The van der Waals surface area contributed by atoms with Gasteiger partial charge in [-0.3, -0.25) is 10.1 Å². The first-order valence-electron chi connectivity index (χ1n) is 12.5. The van der Waals surface area contributed by atoms with Crippen LogP contribution in [0, 0.1) is 10.1 Å². The minimum atomic E-state index is -3.58. The molecular weight excluding hydrogens is 450 g/mol. The number of aliphatic hydroxyl groups excluding tert-OH is 1. The number of unbranched alkanes of at least 4 members (excludes halogenated alkanes) is 5. The van der Waals surface area contributed by atoms with Gasteiger partial charge in [-0.25, -0.2) is 8.42 Å². The molecule has 0 aromatic heterocycles. The van der Waals surface area contributed by atoms with Gasteiger partial charge < -0.3 is 5.11 Å². The van der Waals surface area contributed by atoms with E-state index in [9.17, 15) is 23.6 Å². The molecule has 0 spiro atoms.